The maximum atomic E-state index is 4.57. The van der Waals surface area contributed by atoms with E-state index in [2.05, 4.69) is 48.6 Å². The van der Waals surface area contributed by atoms with Crippen molar-refractivity contribution < 1.29 is 0 Å². The summed E-state index contributed by atoms with van der Waals surface area (Å²) < 4.78 is 4.15. The Hall–Kier alpha value is -2.43. The molecule has 0 aliphatic rings. The normalized spacial score (nSPS) is 11.0. The highest BCUT2D eigenvalue weighted by molar-refractivity contribution is 5.14. The van der Waals surface area contributed by atoms with Crippen molar-refractivity contribution in [3.8, 4) is 0 Å². The van der Waals surface area contributed by atoms with E-state index in [0.717, 1.165) is 44.0 Å². The van der Waals surface area contributed by atoms with E-state index in [1.807, 2.05) is 31.7 Å². The third-order valence-corrected chi connectivity index (χ3v) is 3.69. The molecule has 0 aliphatic carbocycles. The highest BCUT2D eigenvalue weighted by Crippen LogP contribution is 2.07. The van der Waals surface area contributed by atoms with Crippen LogP contribution in [0.25, 0.3) is 0 Å². The number of aromatic nitrogens is 5. The number of hydrogen-bond donors (Lipinski definition) is 0. The Labute approximate surface area is 130 Å². The van der Waals surface area contributed by atoms with Gasteiger partial charge in [0.05, 0.1) is 6.33 Å². The minimum absolute atomic E-state index is 0.852. The van der Waals surface area contributed by atoms with Gasteiger partial charge in [-0.25, -0.2) is 14.6 Å². The minimum Gasteiger partial charge on any atom is -0.337 e. The van der Waals surface area contributed by atoms with E-state index in [1.165, 1.54) is 5.56 Å². The Balaban J connectivity index is 1.57. The van der Waals surface area contributed by atoms with Gasteiger partial charge in [0.15, 0.2) is 0 Å². The van der Waals surface area contributed by atoms with E-state index < -0.39 is 0 Å². The molecule has 0 fully saturated rings. The molecule has 0 N–H and O–H groups in total. The molecule has 22 heavy (non-hydrogen) atoms. The fraction of sp³-hybridized carbons (Fsp3) is 0.353. The lowest BCUT2D eigenvalue weighted by Crippen LogP contribution is -2.09. The van der Waals surface area contributed by atoms with Gasteiger partial charge in [-0.15, -0.1) is 0 Å². The number of benzene rings is 1. The van der Waals surface area contributed by atoms with Crippen molar-refractivity contribution in [1.29, 1.82) is 0 Å². The van der Waals surface area contributed by atoms with Crippen LogP contribution in [-0.2, 0) is 25.9 Å². The molecular weight excluding hydrogens is 274 g/mol. The first kappa shape index (κ1) is 14.5. The van der Waals surface area contributed by atoms with Crippen LogP contribution in [0.4, 0.5) is 0 Å². The van der Waals surface area contributed by atoms with Crippen LogP contribution in [-0.4, -0.2) is 24.3 Å². The lowest BCUT2D eigenvalue weighted by atomic mass is 10.1. The summed E-state index contributed by atoms with van der Waals surface area (Å²) >= 11 is 0. The van der Waals surface area contributed by atoms with Gasteiger partial charge in [-0.3, -0.25) is 0 Å². The quantitative estimate of drug-likeness (QED) is 0.673. The highest BCUT2D eigenvalue weighted by atomic mass is 15.3. The molecule has 0 spiro atoms. The predicted molar refractivity (Wildman–Crippen MR) is 85.5 cm³/mol. The molecule has 2 aromatic heterocycles. The van der Waals surface area contributed by atoms with Gasteiger partial charge >= 0.3 is 0 Å². The molecular formula is C17H21N5. The van der Waals surface area contributed by atoms with Gasteiger partial charge in [0.1, 0.15) is 11.6 Å². The van der Waals surface area contributed by atoms with Crippen LogP contribution in [0.2, 0.25) is 0 Å². The van der Waals surface area contributed by atoms with Crippen LogP contribution in [0.1, 0.15) is 23.6 Å². The smallest absolute Gasteiger partial charge is 0.147 e. The largest absolute Gasteiger partial charge is 0.337 e. The Morgan fingerprint density at radius 1 is 1.05 bits per heavy atom. The number of imidazole rings is 1. The predicted octanol–water partition coefficient (Wildman–Crippen LogP) is 2.66. The zero-order valence-corrected chi connectivity index (χ0v) is 12.9. The molecule has 0 bridgehead atoms. The molecule has 0 atom stereocenters. The lowest BCUT2D eigenvalue weighted by Gasteiger charge is -2.06. The topological polar surface area (TPSA) is 48.5 Å². The van der Waals surface area contributed by atoms with Crippen LogP contribution in [0.3, 0.4) is 0 Å². The Morgan fingerprint density at radius 3 is 2.68 bits per heavy atom. The van der Waals surface area contributed by atoms with Crippen molar-refractivity contribution in [2.45, 2.75) is 39.3 Å². The summed E-state index contributed by atoms with van der Waals surface area (Å²) in [5, 5.41) is 4.53. The fourth-order valence-electron chi connectivity index (χ4n) is 2.58. The molecule has 2 heterocycles. The maximum Gasteiger partial charge on any atom is 0.147 e. The molecule has 3 rings (SSSR count). The summed E-state index contributed by atoms with van der Waals surface area (Å²) in [6, 6.07) is 10.5. The van der Waals surface area contributed by atoms with Crippen LogP contribution in [0.15, 0.2) is 49.1 Å². The van der Waals surface area contributed by atoms with Gasteiger partial charge in [0, 0.05) is 31.9 Å². The molecule has 0 amide bonds. The van der Waals surface area contributed by atoms with Crippen molar-refractivity contribution in [2.24, 2.45) is 0 Å². The second-order valence-corrected chi connectivity index (χ2v) is 5.44. The van der Waals surface area contributed by atoms with Gasteiger partial charge in [0.25, 0.3) is 0 Å². The van der Waals surface area contributed by atoms with E-state index in [0.29, 0.717) is 0 Å². The third kappa shape index (κ3) is 3.81. The third-order valence-electron chi connectivity index (χ3n) is 3.69. The van der Waals surface area contributed by atoms with Gasteiger partial charge in [-0.2, -0.15) is 5.10 Å². The monoisotopic (exact) mass is 295 g/mol. The van der Waals surface area contributed by atoms with Gasteiger partial charge in [-0.1, -0.05) is 30.3 Å². The Kier molecular flexibility index (Phi) is 4.63. The highest BCUT2D eigenvalue weighted by Gasteiger charge is 2.07. The van der Waals surface area contributed by atoms with Gasteiger partial charge < -0.3 is 4.57 Å². The van der Waals surface area contributed by atoms with E-state index in [9.17, 15) is 0 Å². The molecule has 0 saturated carbocycles. The number of hydrogen-bond acceptors (Lipinski definition) is 3. The molecule has 0 radical (unpaired) electrons. The summed E-state index contributed by atoms with van der Waals surface area (Å²) in [4.78, 5) is 8.63. The first-order valence-corrected chi connectivity index (χ1v) is 7.71. The second-order valence-electron chi connectivity index (χ2n) is 5.44. The summed E-state index contributed by atoms with van der Waals surface area (Å²) in [6.07, 6.45) is 8.62. The molecule has 0 saturated heterocycles. The van der Waals surface area contributed by atoms with Crippen molar-refractivity contribution in [3.05, 3.63) is 66.3 Å². The van der Waals surface area contributed by atoms with Crippen LogP contribution in [0.5, 0.6) is 0 Å². The zero-order valence-electron chi connectivity index (χ0n) is 12.9. The van der Waals surface area contributed by atoms with Crippen molar-refractivity contribution in [3.63, 3.8) is 0 Å². The standard InChI is InChI=1S/C17H21N5/c1-15-19-17(8-5-11-21-13-10-18-14-21)22(20-15)12-9-16-6-3-2-4-7-16/h2-4,6-7,10,13-14H,5,8-9,11-12H2,1H3. The maximum absolute atomic E-state index is 4.57. The van der Waals surface area contributed by atoms with Gasteiger partial charge in [0.2, 0.25) is 0 Å². The van der Waals surface area contributed by atoms with Crippen LogP contribution >= 0.6 is 0 Å². The van der Waals surface area contributed by atoms with Crippen LogP contribution < -0.4 is 0 Å². The molecule has 5 heteroatoms. The van der Waals surface area contributed by atoms with Gasteiger partial charge in [-0.05, 0) is 25.3 Å². The molecule has 5 nitrogen and oxygen atoms in total. The summed E-state index contributed by atoms with van der Waals surface area (Å²) in [5.74, 6) is 1.93. The van der Waals surface area contributed by atoms with Crippen molar-refractivity contribution in [2.75, 3.05) is 0 Å². The number of rotatable bonds is 7. The first-order valence-electron chi connectivity index (χ1n) is 7.71. The minimum atomic E-state index is 0.852. The zero-order chi connectivity index (χ0) is 15.2. The van der Waals surface area contributed by atoms with E-state index >= 15 is 0 Å². The average Bonchev–Trinajstić information content (AvgIpc) is 3.16. The van der Waals surface area contributed by atoms with E-state index in [-0.39, 0.29) is 0 Å². The first-order chi connectivity index (χ1) is 10.8. The lowest BCUT2D eigenvalue weighted by molar-refractivity contribution is 0.551. The number of nitrogens with zero attached hydrogens (tertiary/aromatic N) is 5. The fourth-order valence-corrected chi connectivity index (χ4v) is 2.58. The van der Waals surface area contributed by atoms with Crippen molar-refractivity contribution >= 4 is 0 Å². The molecule has 0 aliphatic heterocycles. The van der Waals surface area contributed by atoms with Crippen molar-refractivity contribution in [1.82, 2.24) is 24.3 Å². The summed E-state index contributed by atoms with van der Waals surface area (Å²) in [5.41, 5.74) is 1.33. The molecule has 3 aromatic rings. The second kappa shape index (κ2) is 7.02. The number of aryl methyl sites for hydroxylation is 5. The Morgan fingerprint density at radius 2 is 1.91 bits per heavy atom. The van der Waals surface area contributed by atoms with Crippen LogP contribution in [0, 0.1) is 6.92 Å². The Bertz CT molecular complexity index is 685. The average molecular weight is 295 g/mol. The van der Waals surface area contributed by atoms with E-state index in [1.54, 1.807) is 0 Å². The molecule has 0 unspecified atom stereocenters. The molecule has 1 aromatic carbocycles. The van der Waals surface area contributed by atoms with E-state index in [4.69, 9.17) is 0 Å². The summed E-state index contributed by atoms with van der Waals surface area (Å²) in [7, 11) is 0. The summed E-state index contributed by atoms with van der Waals surface area (Å²) in [6.45, 7) is 3.80. The SMILES string of the molecule is Cc1nc(CCCn2ccnc2)n(CCc2ccccc2)n1. The molecule has 114 valence electrons.